The van der Waals surface area contributed by atoms with Crippen LogP contribution in [0.1, 0.15) is 24.8 Å². The van der Waals surface area contributed by atoms with Gasteiger partial charge < -0.3 is 14.7 Å². The molecule has 2 N–H and O–H groups in total. The molecule has 0 saturated carbocycles. The van der Waals surface area contributed by atoms with Crippen molar-refractivity contribution in [3.05, 3.63) is 36.0 Å². The number of hydrogen-bond donors (Lipinski definition) is 2. The molecular formula is C21H28N4O3. The van der Waals surface area contributed by atoms with Crippen LogP contribution in [0.5, 0.6) is 5.75 Å². The molecule has 28 heavy (non-hydrogen) atoms. The third-order valence-corrected chi connectivity index (χ3v) is 6.22. The number of likely N-dealkylation sites (N-methyl/N-ethyl adjacent to an activating group) is 1. The molecule has 150 valence electrons. The molecule has 2 fully saturated rings. The van der Waals surface area contributed by atoms with Crippen LogP contribution in [0.2, 0.25) is 0 Å². The first-order valence-electron chi connectivity index (χ1n) is 9.83. The second-order valence-corrected chi connectivity index (χ2v) is 8.10. The molecule has 2 aliphatic heterocycles. The van der Waals surface area contributed by atoms with Gasteiger partial charge in [0.2, 0.25) is 5.91 Å². The lowest BCUT2D eigenvalue weighted by Crippen LogP contribution is -2.56. The van der Waals surface area contributed by atoms with Gasteiger partial charge in [0, 0.05) is 31.3 Å². The lowest BCUT2D eigenvalue weighted by atomic mass is 9.71. The third kappa shape index (κ3) is 3.52. The van der Waals surface area contributed by atoms with Crippen LogP contribution in [0.15, 0.2) is 30.5 Å². The summed E-state index contributed by atoms with van der Waals surface area (Å²) in [7, 11) is 3.46. The van der Waals surface area contributed by atoms with E-state index in [0.29, 0.717) is 13.0 Å². The number of methoxy groups -OCH3 is 1. The number of aliphatic hydroxyl groups excluding tert-OH is 1. The highest BCUT2D eigenvalue weighted by molar-refractivity contribution is 5.83. The van der Waals surface area contributed by atoms with Crippen LogP contribution in [0.25, 0.3) is 11.3 Å². The molecule has 1 atom stereocenters. The van der Waals surface area contributed by atoms with Gasteiger partial charge in [-0.2, -0.15) is 5.10 Å². The highest BCUT2D eigenvalue weighted by Gasteiger charge is 2.47. The number of aromatic amines is 1. The number of aliphatic hydroxyl groups is 1. The maximum Gasteiger partial charge on any atom is 0.228 e. The average molecular weight is 384 g/mol. The van der Waals surface area contributed by atoms with E-state index in [1.54, 1.807) is 19.1 Å². The molecule has 3 heterocycles. The quantitative estimate of drug-likeness (QED) is 0.841. The van der Waals surface area contributed by atoms with Crippen molar-refractivity contribution in [2.24, 2.45) is 5.41 Å². The van der Waals surface area contributed by atoms with Gasteiger partial charge in [0.05, 0.1) is 30.5 Å². The van der Waals surface area contributed by atoms with Crippen molar-refractivity contribution in [2.45, 2.75) is 31.9 Å². The average Bonchev–Trinajstić information content (AvgIpc) is 3.16. The molecule has 7 heteroatoms. The number of nitrogens with zero attached hydrogens (tertiary/aromatic N) is 3. The van der Waals surface area contributed by atoms with Crippen molar-refractivity contribution in [1.29, 1.82) is 0 Å². The normalized spacial score (nSPS) is 22.6. The SMILES string of the molecule is COc1ccc(-c2[nH]ncc2CN2CCC3(CC2)CC(O)CN(C)C3=O)cc1. The van der Waals surface area contributed by atoms with E-state index in [0.717, 1.165) is 55.0 Å². The van der Waals surface area contributed by atoms with E-state index < -0.39 is 11.5 Å². The van der Waals surface area contributed by atoms with Gasteiger partial charge >= 0.3 is 0 Å². The number of hydrogen-bond acceptors (Lipinski definition) is 5. The number of aromatic nitrogens is 2. The van der Waals surface area contributed by atoms with Gasteiger partial charge in [-0.3, -0.25) is 14.8 Å². The molecule has 0 aliphatic carbocycles. The minimum atomic E-state index is -0.412. The minimum absolute atomic E-state index is 0.194. The summed E-state index contributed by atoms with van der Waals surface area (Å²) in [6.45, 7) is 2.93. The molecule has 1 spiro atoms. The number of likely N-dealkylation sites (tertiary alicyclic amines) is 2. The molecule has 2 aliphatic rings. The van der Waals surface area contributed by atoms with Crippen LogP contribution in [0.3, 0.4) is 0 Å². The predicted octanol–water partition coefficient (Wildman–Crippen LogP) is 1.89. The summed E-state index contributed by atoms with van der Waals surface area (Å²) in [4.78, 5) is 16.8. The number of ether oxygens (including phenoxy) is 1. The zero-order valence-corrected chi connectivity index (χ0v) is 16.5. The molecule has 0 radical (unpaired) electrons. The Morgan fingerprint density at radius 2 is 2.00 bits per heavy atom. The fourth-order valence-corrected chi connectivity index (χ4v) is 4.64. The Morgan fingerprint density at radius 3 is 2.68 bits per heavy atom. The zero-order chi connectivity index (χ0) is 19.7. The zero-order valence-electron chi connectivity index (χ0n) is 16.5. The molecule has 4 rings (SSSR count). The Kier molecular flexibility index (Phi) is 5.12. The summed E-state index contributed by atoms with van der Waals surface area (Å²) in [5.41, 5.74) is 2.85. The molecule has 2 aromatic rings. The number of piperidine rings is 2. The Morgan fingerprint density at radius 1 is 1.29 bits per heavy atom. The van der Waals surface area contributed by atoms with E-state index in [9.17, 15) is 9.90 Å². The van der Waals surface area contributed by atoms with E-state index in [2.05, 4.69) is 15.1 Å². The first kappa shape index (κ1) is 19.0. The van der Waals surface area contributed by atoms with Crippen LogP contribution in [-0.4, -0.2) is 70.9 Å². The van der Waals surface area contributed by atoms with Crippen LogP contribution in [0, 0.1) is 5.41 Å². The van der Waals surface area contributed by atoms with E-state index in [1.807, 2.05) is 30.5 Å². The second kappa shape index (κ2) is 7.56. The van der Waals surface area contributed by atoms with Crippen molar-refractivity contribution in [2.75, 3.05) is 33.8 Å². The molecular weight excluding hydrogens is 356 g/mol. The summed E-state index contributed by atoms with van der Waals surface area (Å²) in [6.07, 6.45) is 3.65. The summed E-state index contributed by atoms with van der Waals surface area (Å²) >= 11 is 0. The maximum atomic E-state index is 12.7. The van der Waals surface area contributed by atoms with Crippen LogP contribution >= 0.6 is 0 Å². The molecule has 1 amide bonds. The van der Waals surface area contributed by atoms with Gasteiger partial charge in [0.25, 0.3) is 0 Å². The first-order valence-corrected chi connectivity index (χ1v) is 9.83. The lowest BCUT2D eigenvalue weighted by molar-refractivity contribution is -0.154. The molecule has 2 saturated heterocycles. The summed E-state index contributed by atoms with van der Waals surface area (Å²) in [5, 5.41) is 17.5. The summed E-state index contributed by atoms with van der Waals surface area (Å²) < 4.78 is 5.23. The minimum Gasteiger partial charge on any atom is -0.497 e. The molecule has 1 aromatic carbocycles. The highest BCUT2D eigenvalue weighted by atomic mass is 16.5. The third-order valence-electron chi connectivity index (χ3n) is 6.22. The Balaban J connectivity index is 1.43. The van der Waals surface area contributed by atoms with Crippen LogP contribution in [-0.2, 0) is 11.3 Å². The van der Waals surface area contributed by atoms with Gasteiger partial charge in [-0.15, -0.1) is 0 Å². The largest absolute Gasteiger partial charge is 0.497 e. The number of β-amino-alcohol motifs (C(OH)–C–C–N with tert-alkyl or cyclic N) is 1. The van der Waals surface area contributed by atoms with E-state index in [4.69, 9.17) is 4.74 Å². The number of H-pyrrole nitrogens is 1. The Hall–Kier alpha value is -2.38. The fraction of sp³-hybridized carbons (Fsp3) is 0.524. The number of nitrogens with one attached hydrogen (secondary N) is 1. The van der Waals surface area contributed by atoms with Gasteiger partial charge in [-0.1, -0.05) is 0 Å². The highest BCUT2D eigenvalue weighted by Crippen LogP contribution is 2.41. The maximum absolute atomic E-state index is 12.7. The molecule has 7 nitrogen and oxygen atoms in total. The Labute approximate surface area is 165 Å². The smallest absolute Gasteiger partial charge is 0.228 e. The van der Waals surface area contributed by atoms with Crippen LogP contribution in [0.4, 0.5) is 0 Å². The molecule has 1 unspecified atom stereocenters. The fourth-order valence-electron chi connectivity index (χ4n) is 4.64. The number of benzene rings is 1. The number of carbonyl (C=O) groups excluding carboxylic acids is 1. The van der Waals surface area contributed by atoms with Crippen molar-refractivity contribution in [3.63, 3.8) is 0 Å². The molecule has 0 bridgehead atoms. The van der Waals surface area contributed by atoms with Gasteiger partial charge in [0.15, 0.2) is 0 Å². The summed E-state index contributed by atoms with van der Waals surface area (Å²) in [5.74, 6) is 1.02. The van der Waals surface area contributed by atoms with Gasteiger partial charge in [-0.25, -0.2) is 0 Å². The predicted molar refractivity (Wildman–Crippen MR) is 106 cm³/mol. The van der Waals surface area contributed by atoms with Crippen molar-refractivity contribution < 1.29 is 14.6 Å². The van der Waals surface area contributed by atoms with Gasteiger partial charge in [-0.05, 0) is 56.6 Å². The van der Waals surface area contributed by atoms with Crippen molar-refractivity contribution in [1.82, 2.24) is 20.0 Å². The summed E-state index contributed by atoms with van der Waals surface area (Å²) in [6, 6.07) is 7.94. The van der Waals surface area contributed by atoms with Crippen molar-refractivity contribution >= 4 is 5.91 Å². The first-order chi connectivity index (χ1) is 13.5. The number of carbonyl (C=O) groups is 1. The van der Waals surface area contributed by atoms with Crippen molar-refractivity contribution in [3.8, 4) is 17.0 Å². The van der Waals surface area contributed by atoms with E-state index in [-0.39, 0.29) is 5.91 Å². The molecule has 1 aromatic heterocycles. The lowest BCUT2D eigenvalue weighted by Gasteiger charge is -2.47. The van der Waals surface area contributed by atoms with E-state index in [1.165, 1.54) is 0 Å². The number of rotatable bonds is 4. The monoisotopic (exact) mass is 384 g/mol. The van der Waals surface area contributed by atoms with E-state index >= 15 is 0 Å². The van der Waals surface area contributed by atoms with Gasteiger partial charge in [0.1, 0.15) is 5.75 Å². The number of amides is 1. The second-order valence-electron chi connectivity index (χ2n) is 8.10. The van der Waals surface area contributed by atoms with Crippen LogP contribution < -0.4 is 4.74 Å². The standard InChI is InChI=1S/C21H28N4O3/c1-24-14-17(26)11-21(20(24)27)7-9-25(10-8-21)13-16-12-22-23-19(16)15-3-5-18(28-2)6-4-15/h3-6,12,17,26H,7-11,13-14H2,1-2H3,(H,22,23). The topological polar surface area (TPSA) is 81.7 Å². The Bertz CT molecular complexity index is 824.